The Balaban J connectivity index is 1.39. The van der Waals surface area contributed by atoms with E-state index in [0.29, 0.717) is 22.7 Å². The van der Waals surface area contributed by atoms with Gasteiger partial charge in [0.2, 0.25) is 5.95 Å². The molecule has 1 aliphatic heterocycles. The predicted molar refractivity (Wildman–Crippen MR) is 129 cm³/mol. The molecular weight excluding hydrogens is 501 g/mol. The summed E-state index contributed by atoms with van der Waals surface area (Å²) >= 11 is 5.93. The topological polar surface area (TPSA) is 92.7 Å². The average molecular weight is 525 g/mol. The Labute approximate surface area is 210 Å². The number of rotatable bonds is 6. The summed E-state index contributed by atoms with van der Waals surface area (Å²) in [5, 5.41) is 2.49. The smallest absolute Gasteiger partial charge is 0.482 e. The number of ether oxygens (including phenoxy) is 2. The monoisotopic (exact) mass is 524 g/mol. The summed E-state index contributed by atoms with van der Waals surface area (Å²) in [7, 11) is 2.10. The number of carbonyl (C=O) groups is 1. The van der Waals surface area contributed by atoms with Crippen molar-refractivity contribution in [3.8, 4) is 11.5 Å². The van der Waals surface area contributed by atoms with E-state index in [2.05, 4.69) is 41.9 Å². The first-order valence-corrected chi connectivity index (χ1v) is 11.5. The number of nitrogens with zero attached hydrogens (tertiary/aromatic N) is 5. The molecule has 1 fully saturated rings. The molecule has 13 heteroatoms. The van der Waals surface area contributed by atoms with Gasteiger partial charge in [-0.05, 0) is 51.2 Å². The molecule has 3 heterocycles. The number of carbonyl (C=O) groups excluding carboxylic acids is 1. The number of benzene rings is 1. The normalized spacial score (nSPS) is 15.0. The molecule has 2 aromatic heterocycles. The molecule has 0 radical (unpaired) electrons. The number of fused-ring (bicyclic) bond motifs is 1. The van der Waals surface area contributed by atoms with E-state index >= 15 is 0 Å². The molecule has 0 atom stereocenters. The van der Waals surface area contributed by atoms with Gasteiger partial charge in [-0.1, -0.05) is 11.6 Å². The SMILES string of the molecule is Cc1nc(N2CCCN(C)CC2)nc2ccc(NC(=O)COc3ccc(OC(F)(F)F)cc3Cl)nc12. The minimum atomic E-state index is -4.84. The van der Waals surface area contributed by atoms with Crippen LogP contribution in [0, 0.1) is 6.92 Å². The fourth-order valence-corrected chi connectivity index (χ4v) is 3.94. The van der Waals surface area contributed by atoms with Crippen LogP contribution in [0.3, 0.4) is 0 Å². The second kappa shape index (κ2) is 10.7. The highest BCUT2D eigenvalue weighted by Gasteiger charge is 2.31. The van der Waals surface area contributed by atoms with Gasteiger partial charge in [0.1, 0.15) is 22.8 Å². The van der Waals surface area contributed by atoms with E-state index in [1.54, 1.807) is 12.1 Å². The fourth-order valence-electron chi connectivity index (χ4n) is 3.72. The minimum absolute atomic E-state index is 0.0318. The van der Waals surface area contributed by atoms with Crippen molar-refractivity contribution < 1.29 is 27.4 Å². The van der Waals surface area contributed by atoms with E-state index in [4.69, 9.17) is 16.3 Å². The summed E-state index contributed by atoms with van der Waals surface area (Å²) in [6, 6.07) is 6.57. The molecule has 0 bridgehead atoms. The largest absolute Gasteiger partial charge is 0.573 e. The lowest BCUT2D eigenvalue weighted by atomic mass is 10.3. The third kappa shape index (κ3) is 6.64. The zero-order chi connectivity index (χ0) is 25.9. The zero-order valence-electron chi connectivity index (χ0n) is 19.6. The number of nitrogens with one attached hydrogen (secondary N) is 1. The molecule has 0 saturated carbocycles. The van der Waals surface area contributed by atoms with Crippen LogP contribution in [0.2, 0.25) is 5.02 Å². The maximum absolute atomic E-state index is 12.4. The van der Waals surface area contributed by atoms with Gasteiger partial charge in [-0.2, -0.15) is 0 Å². The van der Waals surface area contributed by atoms with Gasteiger partial charge in [0.15, 0.2) is 6.61 Å². The minimum Gasteiger partial charge on any atom is -0.482 e. The number of aryl methyl sites for hydroxylation is 1. The lowest BCUT2D eigenvalue weighted by Crippen LogP contribution is -2.30. The molecule has 36 heavy (non-hydrogen) atoms. The highest BCUT2D eigenvalue weighted by Crippen LogP contribution is 2.31. The predicted octanol–water partition coefficient (Wildman–Crippen LogP) is 4.04. The number of amides is 1. The van der Waals surface area contributed by atoms with Crippen molar-refractivity contribution in [3.63, 3.8) is 0 Å². The van der Waals surface area contributed by atoms with Crippen molar-refractivity contribution in [2.45, 2.75) is 19.7 Å². The van der Waals surface area contributed by atoms with Crippen molar-refractivity contribution in [1.82, 2.24) is 19.9 Å². The molecule has 192 valence electrons. The number of hydrogen-bond acceptors (Lipinski definition) is 8. The van der Waals surface area contributed by atoms with Gasteiger partial charge in [0, 0.05) is 25.7 Å². The fraction of sp³-hybridized carbons (Fsp3) is 0.391. The summed E-state index contributed by atoms with van der Waals surface area (Å²) < 4.78 is 46.1. The molecule has 1 N–H and O–H groups in total. The first-order valence-electron chi connectivity index (χ1n) is 11.1. The third-order valence-corrected chi connectivity index (χ3v) is 5.77. The summed E-state index contributed by atoms with van der Waals surface area (Å²) in [4.78, 5) is 30.5. The summed E-state index contributed by atoms with van der Waals surface area (Å²) in [5.41, 5.74) is 1.91. The molecule has 1 aliphatic rings. The molecule has 1 amide bonds. The quantitative estimate of drug-likeness (QED) is 0.516. The molecule has 0 spiro atoms. The lowest BCUT2D eigenvalue weighted by molar-refractivity contribution is -0.274. The Bertz CT molecular complexity index is 1260. The van der Waals surface area contributed by atoms with Crippen LogP contribution in [0.25, 0.3) is 11.0 Å². The Kier molecular flexibility index (Phi) is 7.65. The van der Waals surface area contributed by atoms with Crippen molar-refractivity contribution in [3.05, 3.63) is 41.0 Å². The first kappa shape index (κ1) is 25.7. The lowest BCUT2D eigenvalue weighted by Gasteiger charge is -2.21. The van der Waals surface area contributed by atoms with E-state index in [1.165, 1.54) is 6.07 Å². The third-order valence-electron chi connectivity index (χ3n) is 5.47. The molecule has 9 nitrogen and oxygen atoms in total. The van der Waals surface area contributed by atoms with Gasteiger partial charge in [0.25, 0.3) is 5.91 Å². The average Bonchev–Trinajstić information content (AvgIpc) is 3.02. The summed E-state index contributed by atoms with van der Waals surface area (Å²) in [6.07, 6.45) is -3.81. The summed E-state index contributed by atoms with van der Waals surface area (Å²) in [5.74, 6) is -0.0481. The number of hydrogen-bond donors (Lipinski definition) is 1. The van der Waals surface area contributed by atoms with Crippen molar-refractivity contribution in [2.24, 2.45) is 0 Å². The van der Waals surface area contributed by atoms with Crippen LogP contribution in [0.5, 0.6) is 11.5 Å². The van der Waals surface area contributed by atoms with E-state index in [1.807, 2.05) is 6.92 Å². The number of aromatic nitrogens is 3. The number of pyridine rings is 1. The van der Waals surface area contributed by atoms with Crippen LogP contribution in [0.1, 0.15) is 12.1 Å². The van der Waals surface area contributed by atoms with Gasteiger partial charge >= 0.3 is 6.36 Å². The van der Waals surface area contributed by atoms with Crippen LogP contribution in [0.15, 0.2) is 30.3 Å². The van der Waals surface area contributed by atoms with E-state index in [-0.39, 0.29) is 16.6 Å². The van der Waals surface area contributed by atoms with E-state index in [9.17, 15) is 18.0 Å². The van der Waals surface area contributed by atoms with E-state index in [0.717, 1.165) is 44.7 Å². The van der Waals surface area contributed by atoms with Crippen LogP contribution >= 0.6 is 11.6 Å². The maximum Gasteiger partial charge on any atom is 0.573 e. The highest BCUT2D eigenvalue weighted by molar-refractivity contribution is 6.32. The van der Waals surface area contributed by atoms with Gasteiger partial charge in [-0.3, -0.25) is 4.79 Å². The molecule has 3 aromatic rings. The summed E-state index contributed by atoms with van der Waals surface area (Å²) in [6.45, 7) is 5.08. The van der Waals surface area contributed by atoms with Gasteiger partial charge in [0.05, 0.1) is 16.2 Å². The van der Waals surface area contributed by atoms with E-state index < -0.39 is 24.6 Å². The van der Waals surface area contributed by atoms with Crippen molar-refractivity contribution >= 4 is 40.3 Å². The molecule has 0 aliphatic carbocycles. The van der Waals surface area contributed by atoms with Gasteiger partial charge in [-0.25, -0.2) is 15.0 Å². The Morgan fingerprint density at radius 1 is 1.11 bits per heavy atom. The van der Waals surface area contributed by atoms with Crippen LogP contribution in [-0.2, 0) is 4.79 Å². The van der Waals surface area contributed by atoms with Crippen LogP contribution < -0.4 is 19.7 Å². The van der Waals surface area contributed by atoms with Crippen molar-refractivity contribution in [1.29, 1.82) is 0 Å². The maximum atomic E-state index is 12.4. The Morgan fingerprint density at radius 2 is 1.92 bits per heavy atom. The molecule has 1 aromatic carbocycles. The van der Waals surface area contributed by atoms with Crippen LogP contribution in [0.4, 0.5) is 24.9 Å². The highest BCUT2D eigenvalue weighted by atomic mass is 35.5. The van der Waals surface area contributed by atoms with Crippen molar-refractivity contribution in [2.75, 3.05) is 50.1 Å². The Morgan fingerprint density at radius 3 is 2.67 bits per heavy atom. The second-order valence-electron chi connectivity index (χ2n) is 8.29. The number of halogens is 4. The van der Waals surface area contributed by atoms with Gasteiger partial charge in [-0.15, -0.1) is 13.2 Å². The number of likely N-dealkylation sites (N-methyl/N-ethyl adjacent to an activating group) is 1. The first-order chi connectivity index (χ1) is 17.1. The number of anilines is 2. The molecule has 4 rings (SSSR count). The standard InChI is InChI=1S/C23H24ClF3N6O3/c1-14-21-17(29-22(28-14)33-9-3-8-32(2)10-11-33)5-7-19(31-21)30-20(34)13-35-18-6-4-15(12-16(18)24)36-23(25,26)27/h4-7,12H,3,8-11,13H2,1-2H3,(H,30,31,34). The Hall–Kier alpha value is -3.38. The van der Waals surface area contributed by atoms with Crippen LogP contribution in [-0.4, -0.2) is 72.0 Å². The number of alkyl halides is 3. The molecule has 0 unspecified atom stereocenters. The van der Waals surface area contributed by atoms with Gasteiger partial charge < -0.3 is 24.6 Å². The second-order valence-corrected chi connectivity index (χ2v) is 8.70. The molecule has 1 saturated heterocycles. The zero-order valence-corrected chi connectivity index (χ0v) is 20.4. The molecular formula is C23H24ClF3N6O3.